The first kappa shape index (κ1) is 19.5. The Labute approximate surface area is 166 Å². The van der Waals surface area contributed by atoms with Crippen molar-refractivity contribution < 1.29 is 14.3 Å². The van der Waals surface area contributed by atoms with Gasteiger partial charge in [-0.15, -0.1) is 0 Å². The lowest BCUT2D eigenvalue weighted by Crippen LogP contribution is -2.31. The second kappa shape index (κ2) is 9.60. The zero-order chi connectivity index (χ0) is 19.8. The van der Waals surface area contributed by atoms with E-state index >= 15 is 0 Å². The van der Waals surface area contributed by atoms with Crippen molar-refractivity contribution >= 4 is 5.91 Å². The summed E-state index contributed by atoms with van der Waals surface area (Å²) < 4.78 is 11.0. The molecule has 3 aromatic carbocycles. The molecule has 0 fully saturated rings. The summed E-state index contributed by atoms with van der Waals surface area (Å²) in [7, 11) is 3.42. The second-order valence-corrected chi connectivity index (χ2v) is 6.66. The SMILES string of the molecule is COc1ccc(CN(C)C(=O)COc2ccccc2Cc2ccccc2)cc1. The first-order valence-electron chi connectivity index (χ1n) is 9.27. The number of para-hydroxylation sites is 1. The summed E-state index contributed by atoms with van der Waals surface area (Å²) in [5, 5.41) is 0. The Morgan fingerprint density at radius 2 is 1.54 bits per heavy atom. The molecule has 0 unspecified atom stereocenters. The highest BCUT2D eigenvalue weighted by Gasteiger charge is 2.12. The lowest BCUT2D eigenvalue weighted by molar-refractivity contribution is -0.132. The van der Waals surface area contributed by atoms with Crippen LogP contribution < -0.4 is 9.47 Å². The molecule has 144 valence electrons. The molecule has 0 aliphatic heterocycles. The maximum atomic E-state index is 12.5. The minimum atomic E-state index is -0.0645. The third-order valence-corrected chi connectivity index (χ3v) is 4.57. The summed E-state index contributed by atoms with van der Waals surface area (Å²) in [5.74, 6) is 1.49. The van der Waals surface area contributed by atoms with Crippen LogP contribution in [-0.2, 0) is 17.8 Å². The van der Waals surface area contributed by atoms with E-state index in [-0.39, 0.29) is 12.5 Å². The van der Waals surface area contributed by atoms with Crippen molar-refractivity contribution in [3.05, 3.63) is 95.6 Å². The van der Waals surface area contributed by atoms with Gasteiger partial charge >= 0.3 is 0 Å². The maximum absolute atomic E-state index is 12.5. The van der Waals surface area contributed by atoms with Crippen molar-refractivity contribution in [2.24, 2.45) is 0 Å². The number of amides is 1. The quantitative estimate of drug-likeness (QED) is 0.588. The van der Waals surface area contributed by atoms with Gasteiger partial charge in [-0.2, -0.15) is 0 Å². The molecule has 0 aromatic heterocycles. The number of carbonyl (C=O) groups excluding carboxylic acids is 1. The number of likely N-dealkylation sites (N-methyl/N-ethyl adjacent to an activating group) is 1. The van der Waals surface area contributed by atoms with Crippen LogP contribution in [0.2, 0.25) is 0 Å². The smallest absolute Gasteiger partial charge is 0.260 e. The number of carbonyl (C=O) groups is 1. The molecule has 0 atom stereocenters. The predicted octanol–water partition coefficient (Wildman–Crippen LogP) is 4.32. The van der Waals surface area contributed by atoms with Crippen LogP contribution in [0.25, 0.3) is 0 Å². The van der Waals surface area contributed by atoms with Crippen molar-refractivity contribution in [2.45, 2.75) is 13.0 Å². The van der Waals surface area contributed by atoms with Crippen LogP contribution in [0, 0.1) is 0 Å². The van der Waals surface area contributed by atoms with Crippen molar-refractivity contribution in [2.75, 3.05) is 20.8 Å². The van der Waals surface area contributed by atoms with Gasteiger partial charge in [0.05, 0.1) is 7.11 Å². The minimum absolute atomic E-state index is 0.0124. The maximum Gasteiger partial charge on any atom is 0.260 e. The van der Waals surface area contributed by atoms with Crippen molar-refractivity contribution in [3.63, 3.8) is 0 Å². The van der Waals surface area contributed by atoms with Gasteiger partial charge in [0.25, 0.3) is 5.91 Å². The summed E-state index contributed by atoms with van der Waals surface area (Å²) in [6, 6.07) is 25.8. The summed E-state index contributed by atoms with van der Waals surface area (Å²) in [4.78, 5) is 14.2. The first-order chi connectivity index (χ1) is 13.7. The molecule has 28 heavy (non-hydrogen) atoms. The van der Waals surface area contributed by atoms with Crippen molar-refractivity contribution in [1.29, 1.82) is 0 Å². The zero-order valence-electron chi connectivity index (χ0n) is 16.3. The fourth-order valence-electron chi connectivity index (χ4n) is 2.95. The molecule has 0 saturated carbocycles. The van der Waals surface area contributed by atoms with E-state index < -0.39 is 0 Å². The van der Waals surface area contributed by atoms with Crippen molar-refractivity contribution in [1.82, 2.24) is 4.90 Å². The molecule has 0 radical (unpaired) electrons. The summed E-state index contributed by atoms with van der Waals surface area (Å²) in [5.41, 5.74) is 3.32. The predicted molar refractivity (Wildman–Crippen MR) is 111 cm³/mol. The lowest BCUT2D eigenvalue weighted by Gasteiger charge is -2.18. The molecular weight excluding hydrogens is 350 g/mol. The standard InChI is InChI=1S/C24H25NO3/c1-25(17-20-12-14-22(27-2)15-13-20)24(26)18-28-23-11-7-6-10-21(23)16-19-8-4-3-5-9-19/h3-15H,16-18H2,1-2H3. The van der Waals surface area contributed by atoms with Crippen LogP contribution >= 0.6 is 0 Å². The lowest BCUT2D eigenvalue weighted by atomic mass is 10.0. The fraction of sp³-hybridized carbons (Fsp3) is 0.208. The number of hydrogen-bond donors (Lipinski definition) is 0. The average molecular weight is 375 g/mol. The van der Waals surface area contributed by atoms with E-state index in [0.717, 1.165) is 29.0 Å². The van der Waals surface area contributed by atoms with Crippen LogP contribution in [0.3, 0.4) is 0 Å². The number of benzene rings is 3. The molecule has 0 bridgehead atoms. The van der Waals surface area contributed by atoms with Gasteiger partial charge in [-0.05, 0) is 34.9 Å². The number of hydrogen-bond acceptors (Lipinski definition) is 3. The molecule has 4 heteroatoms. The highest BCUT2D eigenvalue weighted by molar-refractivity contribution is 5.77. The van der Waals surface area contributed by atoms with Gasteiger partial charge in [-0.3, -0.25) is 4.79 Å². The molecule has 3 aromatic rings. The molecule has 4 nitrogen and oxygen atoms in total. The molecule has 0 heterocycles. The molecule has 0 aliphatic carbocycles. The third kappa shape index (κ3) is 5.36. The van der Waals surface area contributed by atoms with Gasteiger partial charge in [0, 0.05) is 20.0 Å². The van der Waals surface area contributed by atoms with E-state index in [1.54, 1.807) is 19.1 Å². The fourth-order valence-corrected chi connectivity index (χ4v) is 2.95. The van der Waals surface area contributed by atoms with Crippen LogP contribution in [0.5, 0.6) is 11.5 Å². The van der Waals surface area contributed by atoms with Gasteiger partial charge in [0.2, 0.25) is 0 Å². The zero-order valence-corrected chi connectivity index (χ0v) is 16.3. The average Bonchev–Trinajstić information content (AvgIpc) is 2.74. The number of rotatable bonds is 8. The Balaban J connectivity index is 1.58. The molecule has 1 amide bonds. The van der Waals surface area contributed by atoms with E-state index in [4.69, 9.17) is 9.47 Å². The van der Waals surface area contributed by atoms with E-state index in [1.165, 1.54) is 5.56 Å². The Hall–Kier alpha value is -3.27. The Kier molecular flexibility index (Phi) is 6.68. The third-order valence-electron chi connectivity index (χ3n) is 4.57. The van der Waals surface area contributed by atoms with Gasteiger partial charge < -0.3 is 14.4 Å². The Bertz CT molecular complexity index is 891. The molecule has 0 N–H and O–H groups in total. The number of ether oxygens (including phenoxy) is 2. The molecule has 3 rings (SSSR count). The van der Waals surface area contributed by atoms with Gasteiger partial charge in [0.1, 0.15) is 11.5 Å². The number of methoxy groups -OCH3 is 1. The van der Waals surface area contributed by atoms with Gasteiger partial charge in [-0.25, -0.2) is 0 Å². The Morgan fingerprint density at radius 1 is 0.857 bits per heavy atom. The van der Waals surface area contributed by atoms with E-state index in [2.05, 4.69) is 12.1 Å². The van der Waals surface area contributed by atoms with E-state index in [9.17, 15) is 4.79 Å². The summed E-state index contributed by atoms with van der Waals surface area (Å²) >= 11 is 0. The highest BCUT2D eigenvalue weighted by Crippen LogP contribution is 2.21. The first-order valence-corrected chi connectivity index (χ1v) is 9.27. The van der Waals surface area contributed by atoms with Crippen molar-refractivity contribution in [3.8, 4) is 11.5 Å². The van der Waals surface area contributed by atoms with Crippen LogP contribution in [0.15, 0.2) is 78.9 Å². The van der Waals surface area contributed by atoms with Crippen LogP contribution in [0.4, 0.5) is 0 Å². The molecule has 0 spiro atoms. The van der Waals surface area contributed by atoms with Crippen LogP contribution in [-0.4, -0.2) is 31.6 Å². The van der Waals surface area contributed by atoms with E-state index in [1.807, 2.05) is 66.7 Å². The largest absolute Gasteiger partial charge is 0.497 e. The van der Waals surface area contributed by atoms with Gasteiger partial charge in [0.15, 0.2) is 6.61 Å². The van der Waals surface area contributed by atoms with Gasteiger partial charge in [-0.1, -0.05) is 60.7 Å². The number of nitrogens with zero attached hydrogens (tertiary/aromatic N) is 1. The molecule has 0 saturated heterocycles. The summed E-state index contributed by atoms with van der Waals surface area (Å²) in [6.45, 7) is 0.538. The monoisotopic (exact) mass is 375 g/mol. The minimum Gasteiger partial charge on any atom is -0.497 e. The summed E-state index contributed by atoms with van der Waals surface area (Å²) in [6.07, 6.45) is 0.771. The molecule has 0 aliphatic rings. The Morgan fingerprint density at radius 3 is 2.25 bits per heavy atom. The second-order valence-electron chi connectivity index (χ2n) is 6.66. The van der Waals surface area contributed by atoms with Crippen LogP contribution in [0.1, 0.15) is 16.7 Å². The van der Waals surface area contributed by atoms with E-state index in [0.29, 0.717) is 6.54 Å². The topological polar surface area (TPSA) is 38.8 Å². The normalized spacial score (nSPS) is 10.4. The highest BCUT2D eigenvalue weighted by atomic mass is 16.5. The molecular formula is C24H25NO3.